The Morgan fingerprint density at radius 1 is 1.59 bits per heavy atom. The van der Waals surface area contributed by atoms with Gasteiger partial charge in [0.05, 0.1) is 0 Å². The van der Waals surface area contributed by atoms with Crippen molar-refractivity contribution in [3.63, 3.8) is 0 Å². The Balaban J connectivity index is 2.03. The van der Waals surface area contributed by atoms with Crippen LogP contribution >= 0.6 is 11.6 Å². The summed E-state index contributed by atoms with van der Waals surface area (Å²) in [5, 5.41) is 0. The van der Waals surface area contributed by atoms with Crippen molar-refractivity contribution in [2.75, 3.05) is 12.4 Å². The van der Waals surface area contributed by atoms with Gasteiger partial charge in [0.15, 0.2) is 5.76 Å². The first kappa shape index (κ1) is 12.5. The predicted molar refractivity (Wildman–Crippen MR) is 67.5 cm³/mol. The van der Waals surface area contributed by atoms with Crippen molar-refractivity contribution >= 4 is 17.5 Å². The Bertz CT molecular complexity index is 389. The van der Waals surface area contributed by atoms with Gasteiger partial charge in [-0.3, -0.25) is 4.79 Å². The first-order valence-corrected chi connectivity index (χ1v) is 6.69. The smallest absolute Gasteiger partial charge is 0.289 e. The van der Waals surface area contributed by atoms with Crippen LogP contribution in [0.1, 0.15) is 42.0 Å². The molecule has 1 saturated heterocycles. The maximum atomic E-state index is 12.2. The fourth-order valence-corrected chi connectivity index (χ4v) is 2.56. The van der Waals surface area contributed by atoms with E-state index in [-0.39, 0.29) is 5.91 Å². The molecule has 1 aromatic rings. The molecule has 17 heavy (non-hydrogen) atoms. The van der Waals surface area contributed by atoms with Crippen molar-refractivity contribution in [3.8, 4) is 0 Å². The van der Waals surface area contributed by atoms with Crippen LogP contribution in [0.25, 0.3) is 0 Å². The summed E-state index contributed by atoms with van der Waals surface area (Å²) >= 11 is 5.71. The van der Waals surface area contributed by atoms with Crippen LogP contribution in [0.4, 0.5) is 0 Å². The largest absolute Gasteiger partial charge is 0.456 e. The molecule has 1 aliphatic heterocycles. The van der Waals surface area contributed by atoms with Gasteiger partial charge in [0, 0.05) is 18.5 Å². The van der Waals surface area contributed by atoms with Gasteiger partial charge in [0.25, 0.3) is 5.91 Å². The summed E-state index contributed by atoms with van der Waals surface area (Å²) in [6.45, 7) is 2.69. The number of nitrogens with zero attached hydrogens (tertiary/aromatic N) is 1. The van der Waals surface area contributed by atoms with Crippen molar-refractivity contribution in [2.24, 2.45) is 0 Å². The number of hydrogen-bond donors (Lipinski definition) is 0. The standard InChI is InChI=1S/C13H18ClNO2/c1-10-6-7-12(17-10)13(16)15-9-3-5-11(15)4-2-8-14/h6-7,11H,2-5,8-9H2,1H3. The fourth-order valence-electron chi connectivity index (χ4n) is 2.41. The molecule has 1 aliphatic rings. The Hall–Kier alpha value is -0.960. The highest BCUT2D eigenvalue weighted by molar-refractivity contribution is 6.17. The minimum Gasteiger partial charge on any atom is -0.456 e. The second-order valence-electron chi connectivity index (χ2n) is 4.54. The topological polar surface area (TPSA) is 33.5 Å². The van der Waals surface area contributed by atoms with Gasteiger partial charge in [-0.15, -0.1) is 11.6 Å². The predicted octanol–water partition coefficient (Wildman–Crippen LogP) is 3.21. The molecular formula is C13H18ClNO2. The zero-order valence-corrected chi connectivity index (χ0v) is 10.9. The van der Waals surface area contributed by atoms with Gasteiger partial charge in [-0.05, 0) is 44.7 Å². The third-order valence-corrected chi connectivity index (χ3v) is 3.53. The first-order chi connectivity index (χ1) is 8.22. The highest BCUT2D eigenvalue weighted by atomic mass is 35.5. The highest BCUT2D eigenvalue weighted by Gasteiger charge is 2.30. The van der Waals surface area contributed by atoms with Crippen molar-refractivity contribution in [1.82, 2.24) is 4.90 Å². The van der Waals surface area contributed by atoms with Gasteiger partial charge in [-0.1, -0.05) is 0 Å². The lowest BCUT2D eigenvalue weighted by Gasteiger charge is -2.23. The molecule has 0 saturated carbocycles. The van der Waals surface area contributed by atoms with Crippen molar-refractivity contribution in [1.29, 1.82) is 0 Å². The summed E-state index contributed by atoms with van der Waals surface area (Å²) in [4.78, 5) is 14.2. The number of amides is 1. The minimum absolute atomic E-state index is 0.0233. The van der Waals surface area contributed by atoms with Crippen LogP contribution in [0, 0.1) is 6.92 Å². The van der Waals surface area contributed by atoms with E-state index in [0.29, 0.717) is 17.7 Å². The van der Waals surface area contributed by atoms with Gasteiger partial charge in [0.2, 0.25) is 0 Å². The summed E-state index contributed by atoms with van der Waals surface area (Å²) in [5.41, 5.74) is 0. The monoisotopic (exact) mass is 255 g/mol. The number of likely N-dealkylation sites (tertiary alicyclic amines) is 1. The second-order valence-corrected chi connectivity index (χ2v) is 4.91. The molecule has 2 rings (SSSR count). The molecule has 0 spiro atoms. The van der Waals surface area contributed by atoms with Crippen molar-refractivity contribution in [2.45, 2.75) is 38.6 Å². The van der Waals surface area contributed by atoms with E-state index in [1.54, 1.807) is 6.07 Å². The SMILES string of the molecule is Cc1ccc(C(=O)N2CCCC2CCCCl)o1. The van der Waals surface area contributed by atoms with Gasteiger partial charge in [-0.2, -0.15) is 0 Å². The number of halogens is 1. The lowest BCUT2D eigenvalue weighted by Crippen LogP contribution is -2.35. The van der Waals surface area contributed by atoms with Crippen LogP contribution in [-0.4, -0.2) is 29.3 Å². The van der Waals surface area contributed by atoms with E-state index < -0.39 is 0 Å². The maximum absolute atomic E-state index is 12.2. The molecule has 0 N–H and O–H groups in total. The van der Waals surface area contributed by atoms with Gasteiger partial charge >= 0.3 is 0 Å². The Morgan fingerprint density at radius 3 is 3.06 bits per heavy atom. The van der Waals surface area contributed by atoms with Crippen LogP contribution in [0.2, 0.25) is 0 Å². The van der Waals surface area contributed by atoms with E-state index in [0.717, 1.165) is 38.0 Å². The second kappa shape index (κ2) is 5.58. The molecule has 1 amide bonds. The van der Waals surface area contributed by atoms with E-state index in [9.17, 15) is 4.79 Å². The maximum Gasteiger partial charge on any atom is 0.289 e. The molecule has 1 fully saturated rings. The quantitative estimate of drug-likeness (QED) is 0.774. The van der Waals surface area contributed by atoms with E-state index >= 15 is 0 Å². The lowest BCUT2D eigenvalue weighted by molar-refractivity contribution is 0.0696. The highest BCUT2D eigenvalue weighted by Crippen LogP contribution is 2.24. The Morgan fingerprint density at radius 2 is 2.41 bits per heavy atom. The van der Waals surface area contributed by atoms with Crippen molar-refractivity contribution < 1.29 is 9.21 Å². The molecule has 1 atom stereocenters. The van der Waals surface area contributed by atoms with E-state index in [2.05, 4.69) is 0 Å². The van der Waals surface area contributed by atoms with E-state index in [1.165, 1.54) is 0 Å². The third-order valence-electron chi connectivity index (χ3n) is 3.26. The molecular weight excluding hydrogens is 238 g/mol. The van der Waals surface area contributed by atoms with Gasteiger partial charge in [-0.25, -0.2) is 0 Å². The Kier molecular flexibility index (Phi) is 4.11. The summed E-state index contributed by atoms with van der Waals surface area (Å²) < 4.78 is 5.39. The molecule has 3 nitrogen and oxygen atoms in total. The molecule has 94 valence electrons. The average Bonchev–Trinajstić information content (AvgIpc) is 2.94. The molecule has 0 aliphatic carbocycles. The molecule has 2 heterocycles. The number of alkyl halides is 1. The van der Waals surface area contributed by atoms with Crippen LogP contribution < -0.4 is 0 Å². The van der Waals surface area contributed by atoms with Crippen molar-refractivity contribution in [3.05, 3.63) is 23.7 Å². The fraction of sp³-hybridized carbons (Fsp3) is 0.615. The van der Waals surface area contributed by atoms with Gasteiger partial charge < -0.3 is 9.32 Å². The average molecular weight is 256 g/mol. The minimum atomic E-state index is 0.0233. The van der Waals surface area contributed by atoms with E-state index in [1.807, 2.05) is 17.9 Å². The van der Waals surface area contributed by atoms with Crippen LogP contribution in [-0.2, 0) is 0 Å². The summed E-state index contributed by atoms with van der Waals surface area (Å²) in [5.74, 6) is 1.93. The molecule has 4 heteroatoms. The number of carbonyl (C=O) groups is 1. The van der Waals surface area contributed by atoms with Crippen LogP contribution in [0.15, 0.2) is 16.5 Å². The first-order valence-electron chi connectivity index (χ1n) is 6.15. The molecule has 1 aromatic heterocycles. The summed E-state index contributed by atoms with van der Waals surface area (Å²) in [7, 11) is 0. The molecule has 0 aromatic carbocycles. The third kappa shape index (κ3) is 2.83. The van der Waals surface area contributed by atoms with E-state index in [4.69, 9.17) is 16.0 Å². The summed E-state index contributed by atoms with van der Waals surface area (Å²) in [6, 6.07) is 3.93. The Labute approximate surface area is 107 Å². The zero-order chi connectivity index (χ0) is 12.3. The number of hydrogen-bond acceptors (Lipinski definition) is 2. The number of carbonyl (C=O) groups excluding carboxylic acids is 1. The lowest BCUT2D eigenvalue weighted by atomic mass is 10.1. The van der Waals surface area contributed by atoms with Gasteiger partial charge in [0.1, 0.15) is 5.76 Å². The van der Waals surface area contributed by atoms with Crippen LogP contribution in [0.3, 0.4) is 0 Å². The molecule has 1 unspecified atom stereocenters. The zero-order valence-electron chi connectivity index (χ0n) is 10.1. The normalized spacial score (nSPS) is 19.9. The molecule has 0 radical (unpaired) electrons. The number of furan rings is 1. The number of rotatable bonds is 4. The van der Waals surface area contributed by atoms with Crippen LogP contribution in [0.5, 0.6) is 0 Å². The summed E-state index contributed by atoms with van der Waals surface area (Å²) in [6.07, 6.45) is 4.13. The molecule has 0 bridgehead atoms. The number of aryl methyl sites for hydroxylation is 1.